The Morgan fingerprint density at radius 3 is 2.93 bits per heavy atom. The van der Waals surface area contributed by atoms with Crippen molar-refractivity contribution in [3.8, 4) is 0 Å². The molecule has 2 rings (SSSR count). The van der Waals surface area contributed by atoms with Crippen molar-refractivity contribution in [2.45, 2.75) is 12.3 Å². The minimum atomic E-state index is 0.594. The molecule has 0 radical (unpaired) electrons. The van der Waals surface area contributed by atoms with E-state index in [0.29, 0.717) is 6.54 Å². The largest absolute Gasteiger partial charge is 0.361 e. The van der Waals surface area contributed by atoms with Gasteiger partial charge >= 0.3 is 0 Å². The third-order valence-electron chi connectivity index (χ3n) is 2.41. The summed E-state index contributed by atoms with van der Waals surface area (Å²) in [6.45, 7) is 0.594. The van der Waals surface area contributed by atoms with Crippen LogP contribution in [0.3, 0.4) is 0 Å². The van der Waals surface area contributed by atoms with Gasteiger partial charge in [0.25, 0.3) is 0 Å². The van der Waals surface area contributed by atoms with Crippen molar-refractivity contribution in [3.05, 3.63) is 35.5 Å². The Hall–Kier alpha value is -0.930. The van der Waals surface area contributed by atoms with Crippen LogP contribution in [0.5, 0.6) is 0 Å². The van der Waals surface area contributed by atoms with Crippen molar-refractivity contribution in [3.63, 3.8) is 0 Å². The predicted octanol–water partition coefficient (Wildman–Crippen LogP) is 2.49. The Balaban J connectivity index is 2.57. The van der Waals surface area contributed by atoms with E-state index in [-0.39, 0.29) is 0 Å². The average molecular weight is 206 g/mol. The minimum Gasteiger partial charge on any atom is -0.361 e. The standard InChI is InChI=1S/C11H14N2S/c1-14-7-9-6-13-11-8(5-12)3-2-4-10(9)11/h2-4,6,13H,5,7,12H2,1H3. The highest BCUT2D eigenvalue weighted by atomic mass is 32.2. The van der Waals surface area contributed by atoms with Crippen molar-refractivity contribution in [2.24, 2.45) is 5.73 Å². The van der Waals surface area contributed by atoms with E-state index in [0.717, 1.165) is 5.75 Å². The first kappa shape index (κ1) is 9.62. The molecule has 0 atom stereocenters. The molecule has 1 aromatic carbocycles. The van der Waals surface area contributed by atoms with Gasteiger partial charge < -0.3 is 10.7 Å². The summed E-state index contributed by atoms with van der Waals surface area (Å²) >= 11 is 1.84. The van der Waals surface area contributed by atoms with Crippen LogP contribution in [0.4, 0.5) is 0 Å². The van der Waals surface area contributed by atoms with Gasteiger partial charge in [0, 0.05) is 23.9 Å². The van der Waals surface area contributed by atoms with Crippen LogP contribution < -0.4 is 5.73 Å². The van der Waals surface area contributed by atoms with Crippen LogP contribution in [0, 0.1) is 0 Å². The quantitative estimate of drug-likeness (QED) is 0.810. The molecule has 14 heavy (non-hydrogen) atoms. The number of thioether (sulfide) groups is 1. The molecule has 0 aliphatic carbocycles. The summed E-state index contributed by atoms with van der Waals surface area (Å²) in [5.41, 5.74) is 9.42. The Labute approximate surface area is 87.9 Å². The van der Waals surface area contributed by atoms with Crippen LogP contribution in [0.1, 0.15) is 11.1 Å². The first-order valence-corrected chi connectivity index (χ1v) is 6.03. The molecule has 0 unspecified atom stereocenters. The van der Waals surface area contributed by atoms with Crippen LogP contribution in [0.15, 0.2) is 24.4 Å². The molecule has 3 N–H and O–H groups in total. The number of para-hydroxylation sites is 1. The first-order chi connectivity index (χ1) is 6.86. The van der Waals surface area contributed by atoms with Gasteiger partial charge in [-0.25, -0.2) is 0 Å². The summed E-state index contributed by atoms with van der Waals surface area (Å²) in [5.74, 6) is 1.05. The molecular formula is C11H14N2S. The molecule has 2 nitrogen and oxygen atoms in total. The van der Waals surface area contributed by atoms with Crippen LogP contribution in [0.2, 0.25) is 0 Å². The summed E-state index contributed by atoms with van der Waals surface area (Å²) in [6, 6.07) is 6.29. The maximum atomic E-state index is 5.67. The number of aromatic nitrogens is 1. The Kier molecular flexibility index (Phi) is 2.79. The third-order valence-corrected chi connectivity index (χ3v) is 3.01. The highest BCUT2D eigenvalue weighted by Crippen LogP contribution is 2.23. The van der Waals surface area contributed by atoms with Gasteiger partial charge in [-0.3, -0.25) is 0 Å². The summed E-state index contributed by atoms with van der Waals surface area (Å²) in [4.78, 5) is 3.30. The lowest BCUT2D eigenvalue weighted by atomic mass is 10.1. The second kappa shape index (κ2) is 4.07. The maximum absolute atomic E-state index is 5.67. The number of nitrogens with one attached hydrogen (secondary N) is 1. The Bertz CT molecular complexity index is 434. The number of fused-ring (bicyclic) bond motifs is 1. The van der Waals surface area contributed by atoms with Crippen molar-refractivity contribution >= 4 is 22.7 Å². The molecule has 0 amide bonds. The average Bonchev–Trinajstić information content (AvgIpc) is 2.62. The van der Waals surface area contributed by atoms with E-state index in [9.17, 15) is 0 Å². The van der Waals surface area contributed by atoms with Gasteiger partial charge in [-0.15, -0.1) is 0 Å². The van der Waals surface area contributed by atoms with Gasteiger partial charge in [0.2, 0.25) is 0 Å². The number of hydrogen-bond donors (Lipinski definition) is 2. The third kappa shape index (κ3) is 1.53. The lowest BCUT2D eigenvalue weighted by Crippen LogP contribution is -1.96. The number of hydrogen-bond acceptors (Lipinski definition) is 2. The zero-order chi connectivity index (χ0) is 9.97. The molecule has 0 bridgehead atoms. The summed E-state index contributed by atoms with van der Waals surface area (Å²) in [7, 11) is 0. The predicted molar refractivity (Wildman–Crippen MR) is 63.4 cm³/mol. The maximum Gasteiger partial charge on any atom is 0.0502 e. The SMILES string of the molecule is CSCc1c[nH]c2c(CN)cccc12. The van der Waals surface area contributed by atoms with E-state index < -0.39 is 0 Å². The number of aromatic amines is 1. The minimum absolute atomic E-state index is 0.594. The van der Waals surface area contributed by atoms with Crippen molar-refractivity contribution < 1.29 is 0 Å². The zero-order valence-electron chi connectivity index (χ0n) is 8.21. The highest BCUT2D eigenvalue weighted by molar-refractivity contribution is 7.97. The Morgan fingerprint density at radius 1 is 1.36 bits per heavy atom. The molecule has 0 aliphatic heterocycles. The topological polar surface area (TPSA) is 41.8 Å². The number of rotatable bonds is 3. The van der Waals surface area contributed by atoms with Crippen LogP contribution in [-0.4, -0.2) is 11.2 Å². The summed E-state index contributed by atoms with van der Waals surface area (Å²) < 4.78 is 0. The Morgan fingerprint density at radius 2 is 2.21 bits per heavy atom. The highest BCUT2D eigenvalue weighted by Gasteiger charge is 2.05. The van der Waals surface area contributed by atoms with Gasteiger partial charge in [0.05, 0.1) is 5.52 Å². The van der Waals surface area contributed by atoms with Crippen LogP contribution >= 0.6 is 11.8 Å². The lowest BCUT2D eigenvalue weighted by molar-refractivity contribution is 1.08. The molecule has 0 saturated heterocycles. The van der Waals surface area contributed by atoms with E-state index in [2.05, 4.69) is 35.6 Å². The molecule has 0 saturated carbocycles. The fourth-order valence-corrected chi connectivity index (χ4v) is 2.27. The van der Waals surface area contributed by atoms with E-state index in [1.54, 1.807) is 0 Å². The molecule has 1 aromatic heterocycles. The lowest BCUT2D eigenvalue weighted by Gasteiger charge is -1.99. The molecule has 0 aliphatic rings. The van der Waals surface area contributed by atoms with Gasteiger partial charge in [0.15, 0.2) is 0 Å². The van der Waals surface area contributed by atoms with E-state index in [1.165, 1.54) is 22.0 Å². The smallest absolute Gasteiger partial charge is 0.0502 e. The normalized spacial score (nSPS) is 11.0. The van der Waals surface area contributed by atoms with Gasteiger partial charge in [0.1, 0.15) is 0 Å². The zero-order valence-corrected chi connectivity index (χ0v) is 9.03. The number of benzene rings is 1. The van der Waals surface area contributed by atoms with Gasteiger partial charge in [-0.1, -0.05) is 18.2 Å². The number of H-pyrrole nitrogens is 1. The van der Waals surface area contributed by atoms with Crippen LogP contribution in [-0.2, 0) is 12.3 Å². The molecule has 1 heterocycles. The van der Waals surface area contributed by atoms with Gasteiger partial charge in [-0.05, 0) is 17.4 Å². The van der Waals surface area contributed by atoms with Crippen molar-refractivity contribution in [2.75, 3.05) is 6.26 Å². The van der Waals surface area contributed by atoms with Gasteiger partial charge in [-0.2, -0.15) is 11.8 Å². The molecule has 0 spiro atoms. The molecule has 0 fully saturated rings. The first-order valence-electron chi connectivity index (χ1n) is 4.63. The van der Waals surface area contributed by atoms with Crippen LogP contribution in [0.25, 0.3) is 10.9 Å². The second-order valence-corrected chi connectivity index (χ2v) is 4.16. The van der Waals surface area contributed by atoms with E-state index in [4.69, 9.17) is 5.73 Å². The van der Waals surface area contributed by atoms with E-state index in [1.807, 2.05) is 11.8 Å². The van der Waals surface area contributed by atoms with Crippen molar-refractivity contribution in [1.82, 2.24) is 4.98 Å². The number of nitrogens with two attached hydrogens (primary N) is 1. The molecular weight excluding hydrogens is 192 g/mol. The fourth-order valence-electron chi connectivity index (χ4n) is 1.72. The molecule has 2 aromatic rings. The summed E-state index contributed by atoms with van der Waals surface area (Å²) in [5, 5.41) is 1.31. The fraction of sp³-hybridized carbons (Fsp3) is 0.273. The van der Waals surface area contributed by atoms with Crippen molar-refractivity contribution in [1.29, 1.82) is 0 Å². The molecule has 3 heteroatoms. The second-order valence-electron chi connectivity index (χ2n) is 3.29. The van der Waals surface area contributed by atoms with E-state index >= 15 is 0 Å². The summed E-state index contributed by atoms with van der Waals surface area (Å²) in [6.07, 6.45) is 4.20. The molecule has 74 valence electrons. The monoisotopic (exact) mass is 206 g/mol.